The summed E-state index contributed by atoms with van der Waals surface area (Å²) in [6, 6.07) is 13.7. The molecule has 3 aromatic carbocycles. The van der Waals surface area contributed by atoms with Crippen molar-refractivity contribution >= 4 is 35.1 Å². The van der Waals surface area contributed by atoms with Gasteiger partial charge < -0.3 is 23.7 Å². The predicted molar refractivity (Wildman–Crippen MR) is 126 cm³/mol. The number of ketones is 1. The molecule has 0 bridgehead atoms. The summed E-state index contributed by atoms with van der Waals surface area (Å²) in [6.45, 7) is 0.177. The molecule has 0 spiro atoms. The Labute approximate surface area is 201 Å². The molecular weight excluding hydrogens is 467 g/mol. The second kappa shape index (κ2) is 9.65. The van der Waals surface area contributed by atoms with Gasteiger partial charge in [-0.2, -0.15) is 0 Å². The molecule has 0 N–H and O–H groups in total. The molecule has 0 amide bonds. The van der Waals surface area contributed by atoms with E-state index < -0.39 is 0 Å². The van der Waals surface area contributed by atoms with Crippen LogP contribution in [0.1, 0.15) is 21.5 Å². The Balaban J connectivity index is 1.58. The van der Waals surface area contributed by atoms with Crippen molar-refractivity contribution in [3.05, 3.63) is 81.0 Å². The first kappa shape index (κ1) is 22.8. The Morgan fingerprint density at radius 3 is 2.21 bits per heavy atom. The van der Waals surface area contributed by atoms with Gasteiger partial charge in [-0.1, -0.05) is 29.3 Å². The topological polar surface area (TPSA) is 63.2 Å². The third-order valence-electron chi connectivity index (χ3n) is 5.11. The van der Waals surface area contributed by atoms with Crippen molar-refractivity contribution in [1.82, 2.24) is 0 Å². The zero-order chi connectivity index (χ0) is 23.5. The first-order valence-corrected chi connectivity index (χ1v) is 10.6. The minimum atomic E-state index is -0.248. The zero-order valence-corrected chi connectivity index (χ0v) is 19.6. The molecule has 33 heavy (non-hydrogen) atoms. The van der Waals surface area contributed by atoms with Crippen LogP contribution in [0.3, 0.4) is 0 Å². The van der Waals surface area contributed by atoms with E-state index in [0.717, 1.165) is 0 Å². The quantitative estimate of drug-likeness (QED) is 0.369. The van der Waals surface area contributed by atoms with E-state index in [0.29, 0.717) is 55.5 Å². The van der Waals surface area contributed by atoms with Crippen LogP contribution in [0.4, 0.5) is 0 Å². The highest BCUT2D eigenvalue weighted by molar-refractivity contribution is 6.35. The van der Waals surface area contributed by atoms with Crippen LogP contribution in [-0.2, 0) is 6.61 Å². The predicted octanol–water partition coefficient (Wildman–Crippen LogP) is 6.21. The van der Waals surface area contributed by atoms with E-state index >= 15 is 0 Å². The standard InChI is InChI=1S/C25H20Cl2O6/c1-29-20-12-23(31-3)22(30-2)9-14(20)10-24-25(28)16-8-7-15(11-21(16)33-24)32-13-17-18(26)5-4-6-19(17)27/h4-12H,13H2,1-3H3. The van der Waals surface area contributed by atoms with E-state index in [1.165, 1.54) is 21.3 Å². The maximum Gasteiger partial charge on any atom is 0.231 e. The second-order valence-corrected chi connectivity index (χ2v) is 7.85. The highest BCUT2D eigenvalue weighted by Crippen LogP contribution is 2.39. The van der Waals surface area contributed by atoms with Crippen molar-refractivity contribution < 1.29 is 28.5 Å². The summed E-state index contributed by atoms with van der Waals surface area (Å²) in [4.78, 5) is 12.9. The lowest BCUT2D eigenvalue weighted by molar-refractivity contribution is 0.101. The number of carbonyl (C=O) groups is 1. The van der Waals surface area contributed by atoms with Crippen LogP contribution < -0.4 is 23.7 Å². The number of allylic oxidation sites excluding steroid dienone is 1. The molecule has 3 aromatic rings. The first-order chi connectivity index (χ1) is 15.9. The average molecular weight is 487 g/mol. The van der Waals surface area contributed by atoms with Gasteiger partial charge in [-0.05, 0) is 36.4 Å². The maximum atomic E-state index is 12.9. The van der Waals surface area contributed by atoms with Crippen molar-refractivity contribution in [3.8, 4) is 28.7 Å². The molecule has 0 aromatic heterocycles. The van der Waals surface area contributed by atoms with E-state index in [1.807, 2.05) is 0 Å². The average Bonchev–Trinajstić information content (AvgIpc) is 3.12. The summed E-state index contributed by atoms with van der Waals surface area (Å²) in [5.41, 5.74) is 1.72. The second-order valence-electron chi connectivity index (χ2n) is 7.04. The number of hydrogen-bond donors (Lipinski definition) is 0. The van der Waals surface area contributed by atoms with Gasteiger partial charge in [0.2, 0.25) is 5.78 Å². The number of ether oxygens (including phenoxy) is 5. The minimum absolute atomic E-state index is 0.154. The van der Waals surface area contributed by atoms with Crippen LogP contribution >= 0.6 is 23.2 Å². The largest absolute Gasteiger partial charge is 0.496 e. The fourth-order valence-corrected chi connectivity index (χ4v) is 3.90. The highest BCUT2D eigenvalue weighted by atomic mass is 35.5. The van der Waals surface area contributed by atoms with Crippen molar-refractivity contribution in [1.29, 1.82) is 0 Å². The maximum absolute atomic E-state index is 12.9. The van der Waals surface area contributed by atoms with Crippen LogP contribution in [0, 0.1) is 0 Å². The van der Waals surface area contributed by atoms with Gasteiger partial charge in [0.05, 0.1) is 26.9 Å². The van der Waals surface area contributed by atoms with E-state index in [1.54, 1.807) is 54.6 Å². The summed E-state index contributed by atoms with van der Waals surface area (Å²) in [7, 11) is 4.60. The van der Waals surface area contributed by atoms with Gasteiger partial charge in [-0.25, -0.2) is 0 Å². The molecule has 1 aliphatic rings. The number of Topliss-reactive ketones (excluding diaryl/α,β-unsaturated/α-hetero) is 1. The Kier molecular flexibility index (Phi) is 6.67. The number of rotatable bonds is 7. The fourth-order valence-electron chi connectivity index (χ4n) is 3.39. The lowest BCUT2D eigenvalue weighted by Crippen LogP contribution is -2.00. The first-order valence-electron chi connectivity index (χ1n) is 9.89. The summed E-state index contributed by atoms with van der Waals surface area (Å²) in [5.74, 6) is 2.34. The zero-order valence-electron chi connectivity index (χ0n) is 18.1. The van der Waals surface area contributed by atoms with Gasteiger partial charge in [0.25, 0.3) is 0 Å². The molecule has 0 saturated carbocycles. The van der Waals surface area contributed by atoms with Crippen LogP contribution in [0.25, 0.3) is 6.08 Å². The van der Waals surface area contributed by atoms with Gasteiger partial charge in [-0.15, -0.1) is 0 Å². The minimum Gasteiger partial charge on any atom is -0.496 e. The third kappa shape index (κ3) is 4.58. The number of carbonyl (C=O) groups excluding carboxylic acids is 1. The molecule has 6 nitrogen and oxygen atoms in total. The van der Waals surface area contributed by atoms with E-state index in [2.05, 4.69) is 0 Å². The Morgan fingerprint density at radius 2 is 1.55 bits per heavy atom. The Hall–Kier alpha value is -3.35. The van der Waals surface area contributed by atoms with Crippen LogP contribution in [0.15, 0.2) is 54.3 Å². The van der Waals surface area contributed by atoms with E-state index in [9.17, 15) is 4.79 Å². The van der Waals surface area contributed by atoms with Gasteiger partial charge in [-0.3, -0.25) is 4.79 Å². The van der Waals surface area contributed by atoms with Gasteiger partial charge >= 0.3 is 0 Å². The molecule has 170 valence electrons. The molecule has 0 aliphatic carbocycles. The van der Waals surface area contributed by atoms with E-state index in [-0.39, 0.29) is 18.1 Å². The monoisotopic (exact) mass is 486 g/mol. The molecule has 1 heterocycles. The van der Waals surface area contributed by atoms with Gasteiger partial charge in [0.1, 0.15) is 23.9 Å². The number of benzene rings is 3. The van der Waals surface area contributed by atoms with Crippen LogP contribution in [0.2, 0.25) is 10.0 Å². The summed E-state index contributed by atoms with van der Waals surface area (Å²) < 4.78 is 27.8. The SMILES string of the molecule is COc1cc(OC)c(OC)cc1C=C1Oc2cc(OCc3c(Cl)cccc3Cl)ccc2C1=O. The van der Waals surface area contributed by atoms with Gasteiger partial charge in [0, 0.05) is 33.3 Å². The number of halogens is 2. The molecule has 0 saturated heterocycles. The summed E-state index contributed by atoms with van der Waals surface area (Å²) in [5, 5.41) is 1.04. The van der Waals surface area contributed by atoms with Crippen LogP contribution in [0.5, 0.6) is 28.7 Å². The van der Waals surface area contributed by atoms with Crippen LogP contribution in [-0.4, -0.2) is 27.1 Å². The lowest BCUT2D eigenvalue weighted by Gasteiger charge is -2.12. The van der Waals surface area contributed by atoms with Gasteiger partial charge in [0.15, 0.2) is 17.3 Å². The molecule has 0 fully saturated rings. The van der Waals surface area contributed by atoms with Crippen molar-refractivity contribution in [3.63, 3.8) is 0 Å². The number of fused-ring (bicyclic) bond motifs is 1. The lowest BCUT2D eigenvalue weighted by atomic mass is 10.1. The van der Waals surface area contributed by atoms with Crippen molar-refractivity contribution in [2.45, 2.75) is 6.61 Å². The Morgan fingerprint density at radius 1 is 0.879 bits per heavy atom. The third-order valence-corrected chi connectivity index (χ3v) is 5.82. The number of methoxy groups -OCH3 is 3. The molecule has 0 atom stereocenters. The smallest absolute Gasteiger partial charge is 0.231 e. The molecule has 8 heteroatoms. The normalized spacial score (nSPS) is 13.5. The summed E-state index contributed by atoms with van der Waals surface area (Å²) in [6.07, 6.45) is 1.60. The molecule has 4 rings (SSSR count). The van der Waals surface area contributed by atoms with Crippen molar-refractivity contribution in [2.24, 2.45) is 0 Å². The van der Waals surface area contributed by atoms with Crippen molar-refractivity contribution in [2.75, 3.05) is 21.3 Å². The fraction of sp³-hybridized carbons (Fsp3) is 0.160. The summed E-state index contributed by atoms with van der Waals surface area (Å²) >= 11 is 12.4. The highest BCUT2D eigenvalue weighted by Gasteiger charge is 2.28. The molecule has 0 unspecified atom stereocenters. The molecule has 1 aliphatic heterocycles. The molecule has 0 radical (unpaired) electrons. The number of hydrogen-bond acceptors (Lipinski definition) is 6. The molecular formula is C25H20Cl2O6. The Bertz CT molecular complexity index is 1230. The van der Waals surface area contributed by atoms with E-state index in [4.69, 9.17) is 46.9 Å².